The summed E-state index contributed by atoms with van der Waals surface area (Å²) in [5.41, 5.74) is 5.89. The second-order valence-corrected chi connectivity index (χ2v) is 8.23. The Morgan fingerprint density at radius 1 is 1.06 bits per heavy atom. The normalized spacial score (nSPS) is 15.0. The van der Waals surface area contributed by atoms with E-state index in [4.69, 9.17) is 4.74 Å². The Morgan fingerprint density at radius 3 is 2.62 bits per heavy atom. The van der Waals surface area contributed by atoms with Crippen LogP contribution in [0.3, 0.4) is 0 Å². The number of ether oxygens (including phenoxy) is 1. The third-order valence-corrected chi connectivity index (χ3v) is 6.33. The number of nitrogens with one attached hydrogen (secondary N) is 2. The molecule has 160 valence electrons. The highest BCUT2D eigenvalue weighted by Gasteiger charge is 2.28. The van der Waals surface area contributed by atoms with Gasteiger partial charge in [-0.05, 0) is 55.3 Å². The molecule has 1 saturated heterocycles. The zero-order chi connectivity index (χ0) is 21.7. The van der Waals surface area contributed by atoms with Crippen LogP contribution < -0.4 is 5.56 Å². The molecule has 0 amide bonds. The molecule has 4 heterocycles. The minimum Gasteiger partial charge on any atom is -0.381 e. The monoisotopic (exact) mass is 428 g/mol. The van der Waals surface area contributed by atoms with E-state index in [-0.39, 0.29) is 17.3 Å². The molecule has 2 aromatic carbocycles. The Bertz CT molecular complexity index is 1470. The smallest absolute Gasteiger partial charge is 0.247 e. The number of benzene rings is 2. The molecule has 7 heteroatoms. The van der Waals surface area contributed by atoms with Gasteiger partial charge in [0.05, 0.1) is 17.2 Å². The van der Waals surface area contributed by atoms with Crippen molar-refractivity contribution in [3.8, 4) is 16.8 Å². The van der Waals surface area contributed by atoms with E-state index in [2.05, 4.69) is 31.9 Å². The van der Waals surface area contributed by atoms with Gasteiger partial charge in [-0.2, -0.15) is 5.10 Å². The number of aromatic nitrogens is 4. The van der Waals surface area contributed by atoms with Crippen molar-refractivity contribution >= 4 is 21.8 Å². The SMILES string of the molecule is O=c1ccc(-c2c(C3CCOCC3)n(-c3ccc(F)cc3)c3cc4cn[nH]c4cc23)c[nH]1. The lowest BCUT2D eigenvalue weighted by molar-refractivity contribution is 0.0843. The Morgan fingerprint density at radius 2 is 1.88 bits per heavy atom. The first-order chi connectivity index (χ1) is 15.7. The quantitative estimate of drug-likeness (QED) is 0.429. The van der Waals surface area contributed by atoms with Crippen LogP contribution >= 0.6 is 0 Å². The molecule has 2 N–H and O–H groups in total. The molecule has 0 radical (unpaired) electrons. The fraction of sp³-hybridized carbons (Fsp3) is 0.200. The molecule has 1 fully saturated rings. The van der Waals surface area contributed by atoms with E-state index in [9.17, 15) is 9.18 Å². The summed E-state index contributed by atoms with van der Waals surface area (Å²) in [5.74, 6) is -0.00416. The number of fused-ring (bicyclic) bond motifs is 2. The fourth-order valence-corrected chi connectivity index (χ4v) is 4.84. The topological polar surface area (TPSA) is 75.7 Å². The molecule has 6 nitrogen and oxygen atoms in total. The van der Waals surface area contributed by atoms with Crippen molar-refractivity contribution in [3.05, 3.63) is 82.8 Å². The van der Waals surface area contributed by atoms with Crippen LogP contribution in [0.4, 0.5) is 4.39 Å². The first-order valence-electron chi connectivity index (χ1n) is 10.7. The van der Waals surface area contributed by atoms with Crippen molar-refractivity contribution < 1.29 is 9.13 Å². The van der Waals surface area contributed by atoms with Crippen LogP contribution in [0.1, 0.15) is 24.5 Å². The Kier molecular flexibility index (Phi) is 4.43. The number of halogens is 1. The number of hydrogen-bond acceptors (Lipinski definition) is 3. The fourth-order valence-electron chi connectivity index (χ4n) is 4.84. The van der Waals surface area contributed by atoms with Gasteiger partial charge in [-0.1, -0.05) is 0 Å². The average Bonchev–Trinajstić information content (AvgIpc) is 3.41. The number of pyridine rings is 1. The van der Waals surface area contributed by atoms with Gasteiger partial charge in [-0.25, -0.2) is 4.39 Å². The maximum Gasteiger partial charge on any atom is 0.247 e. The average molecular weight is 428 g/mol. The zero-order valence-corrected chi connectivity index (χ0v) is 17.3. The highest BCUT2D eigenvalue weighted by atomic mass is 19.1. The number of H-pyrrole nitrogens is 2. The van der Waals surface area contributed by atoms with Crippen molar-refractivity contribution in [1.82, 2.24) is 19.7 Å². The summed E-state index contributed by atoms with van der Waals surface area (Å²) in [5, 5.41) is 9.32. The minimum absolute atomic E-state index is 0.139. The van der Waals surface area contributed by atoms with Crippen LogP contribution in [-0.2, 0) is 4.74 Å². The van der Waals surface area contributed by atoms with E-state index in [1.807, 2.05) is 24.4 Å². The van der Waals surface area contributed by atoms with Crippen molar-refractivity contribution in [3.63, 3.8) is 0 Å². The Balaban J connectivity index is 1.75. The second-order valence-electron chi connectivity index (χ2n) is 8.23. The summed E-state index contributed by atoms with van der Waals surface area (Å²) in [6, 6.07) is 14.3. The van der Waals surface area contributed by atoms with Gasteiger partial charge < -0.3 is 14.3 Å². The largest absolute Gasteiger partial charge is 0.381 e. The van der Waals surface area contributed by atoms with E-state index in [0.717, 1.165) is 57.2 Å². The molecule has 0 aliphatic carbocycles. The van der Waals surface area contributed by atoms with Crippen molar-refractivity contribution in [2.75, 3.05) is 13.2 Å². The molecule has 1 aliphatic rings. The molecule has 0 saturated carbocycles. The molecule has 0 bridgehead atoms. The minimum atomic E-state index is -0.268. The second kappa shape index (κ2) is 7.46. The predicted octanol–water partition coefficient (Wildman–Crippen LogP) is 4.90. The summed E-state index contributed by atoms with van der Waals surface area (Å²) in [6.45, 7) is 1.40. The van der Waals surface area contributed by atoms with Gasteiger partial charge in [0.2, 0.25) is 5.56 Å². The summed E-state index contributed by atoms with van der Waals surface area (Å²) in [6.07, 6.45) is 5.37. The number of hydrogen-bond donors (Lipinski definition) is 2. The number of rotatable bonds is 3. The molecule has 32 heavy (non-hydrogen) atoms. The van der Waals surface area contributed by atoms with Crippen LogP contribution in [0.5, 0.6) is 0 Å². The summed E-state index contributed by atoms with van der Waals surface area (Å²) < 4.78 is 21.7. The lowest BCUT2D eigenvalue weighted by atomic mass is 9.90. The zero-order valence-electron chi connectivity index (χ0n) is 17.3. The van der Waals surface area contributed by atoms with Crippen molar-refractivity contribution in [1.29, 1.82) is 0 Å². The Hall–Kier alpha value is -3.71. The van der Waals surface area contributed by atoms with Gasteiger partial charge in [0.1, 0.15) is 5.82 Å². The van der Waals surface area contributed by atoms with E-state index in [1.165, 1.54) is 12.1 Å². The molecule has 5 aromatic rings. The summed E-state index contributed by atoms with van der Waals surface area (Å²) in [4.78, 5) is 14.6. The van der Waals surface area contributed by atoms with Crippen LogP contribution in [0.15, 0.2) is 65.7 Å². The van der Waals surface area contributed by atoms with Crippen LogP contribution in [0, 0.1) is 5.82 Å². The maximum atomic E-state index is 13.8. The number of nitrogens with zero attached hydrogens (tertiary/aromatic N) is 2. The Labute approximate surface area is 182 Å². The molecule has 0 unspecified atom stereocenters. The maximum absolute atomic E-state index is 13.8. The van der Waals surface area contributed by atoms with Gasteiger partial charge >= 0.3 is 0 Å². The van der Waals surface area contributed by atoms with Gasteiger partial charge in [0.15, 0.2) is 0 Å². The summed E-state index contributed by atoms with van der Waals surface area (Å²) >= 11 is 0. The first-order valence-corrected chi connectivity index (χ1v) is 10.7. The molecule has 3 aromatic heterocycles. The highest BCUT2D eigenvalue weighted by molar-refractivity contribution is 6.05. The highest BCUT2D eigenvalue weighted by Crippen LogP contribution is 2.44. The van der Waals surface area contributed by atoms with E-state index >= 15 is 0 Å². The van der Waals surface area contributed by atoms with Gasteiger partial charge in [0, 0.05) is 64.7 Å². The van der Waals surface area contributed by atoms with Gasteiger partial charge in [-0.15, -0.1) is 0 Å². The molecular weight excluding hydrogens is 407 g/mol. The van der Waals surface area contributed by atoms with E-state index in [1.54, 1.807) is 12.3 Å². The van der Waals surface area contributed by atoms with Gasteiger partial charge in [0.25, 0.3) is 0 Å². The molecule has 1 aliphatic heterocycles. The first kappa shape index (κ1) is 19.0. The third kappa shape index (κ3) is 3.05. The predicted molar refractivity (Wildman–Crippen MR) is 122 cm³/mol. The van der Waals surface area contributed by atoms with E-state index in [0.29, 0.717) is 13.2 Å². The lowest BCUT2D eigenvalue weighted by Gasteiger charge is -2.25. The van der Waals surface area contributed by atoms with Gasteiger partial charge in [-0.3, -0.25) is 9.89 Å². The van der Waals surface area contributed by atoms with E-state index < -0.39 is 0 Å². The molecular formula is C25H21FN4O2. The summed E-state index contributed by atoms with van der Waals surface area (Å²) in [7, 11) is 0. The van der Waals surface area contributed by atoms with Crippen LogP contribution in [0.2, 0.25) is 0 Å². The molecule has 0 spiro atoms. The van der Waals surface area contributed by atoms with Crippen LogP contribution in [-0.4, -0.2) is 33.0 Å². The van der Waals surface area contributed by atoms with Crippen molar-refractivity contribution in [2.24, 2.45) is 0 Å². The standard InChI is InChI=1S/C25H21FN4O2/c26-18-2-4-19(5-3-18)30-22-11-17-14-28-29-21(17)12-20(22)24(16-1-6-23(31)27-13-16)25(30)15-7-9-32-10-8-15/h1-6,11-15H,7-10H2,(H,27,31)(H,28,29). The lowest BCUT2D eigenvalue weighted by Crippen LogP contribution is -2.17. The van der Waals surface area contributed by atoms with Crippen molar-refractivity contribution in [2.45, 2.75) is 18.8 Å². The molecule has 6 rings (SSSR count). The molecule has 0 atom stereocenters. The van der Waals surface area contributed by atoms with Crippen LogP contribution in [0.25, 0.3) is 38.6 Å². The number of aromatic amines is 2. The third-order valence-electron chi connectivity index (χ3n) is 6.33.